The van der Waals surface area contributed by atoms with E-state index in [0.717, 1.165) is 38.2 Å². The van der Waals surface area contributed by atoms with Crippen molar-refractivity contribution in [3.05, 3.63) is 34.6 Å². The minimum atomic E-state index is -0.184. The molecule has 2 nitrogen and oxygen atoms in total. The molecule has 2 atom stereocenters. The summed E-state index contributed by atoms with van der Waals surface area (Å²) in [4.78, 5) is 2.39. The highest BCUT2D eigenvalue weighted by atomic mass is 35.5. The summed E-state index contributed by atoms with van der Waals surface area (Å²) >= 11 is 5.86. The third-order valence-electron chi connectivity index (χ3n) is 4.01. The molecule has 0 bridgehead atoms. The van der Waals surface area contributed by atoms with Gasteiger partial charge in [0.15, 0.2) is 0 Å². The van der Waals surface area contributed by atoms with Crippen molar-refractivity contribution in [2.75, 3.05) is 26.2 Å². The van der Waals surface area contributed by atoms with E-state index in [-0.39, 0.29) is 36.7 Å². The van der Waals surface area contributed by atoms with Crippen molar-refractivity contribution < 1.29 is 4.39 Å². The number of piperazine rings is 1. The Hall–Kier alpha value is -0.0600. The highest BCUT2D eigenvalue weighted by Crippen LogP contribution is 2.33. The third kappa shape index (κ3) is 5.26. The van der Waals surface area contributed by atoms with Gasteiger partial charge in [-0.05, 0) is 18.1 Å². The third-order valence-corrected chi connectivity index (χ3v) is 4.24. The SMILES string of the molecule is CCC(C)[C@H](c1ccc(Cl)cc1F)N1CCNCC1.Cl.Cl. The number of rotatable bonds is 4. The fraction of sp³-hybridized carbons (Fsp3) is 0.600. The maximum atomic E-state index is 14.2. The fourth-order valence-corrected chi connectivity index (χ4v) is 2.95. The van der Waals surface area contributed by atoms with Gasteiger partial charge < -0.3 is 5.32 Å². The summed E-state index contributed by atoms with van der Waals surface area (Å²) in [6.45, 7) is 8.24. The molecule has 0 spiro atoms. The van der Waals surface area contributed by atoms with Crippen LogP contribution in [0.5, 0.6) is 0 Å². The van der Waals surface area contributed by atoms with E-state index in [4.69, 9.17) is 11.6 Å². The van der Waals surface area contributed by atoms with Gasteiger partial charge in [0.1, 0.15) is 5.82 Å². The van der Waals surface area contributed by atoms with Crippen molar-refractivity contribution in [1.29, 1.82) is 0 Å². The zero-order chi connectivity index (χ0) is 13.8. The topological polar surface area (TPSA) is 15.3 Å². The molecule has 0 radical (unpaired) electrons. The van der Waals surface area contributed by atoms with Gasteiger partial charge in [-0.25, -0.2) is 4.39 Å². The highest BCUT2D eigenvalue weighted by Gasteiger charge is 2.28. The van der Waals surface area contributed by atoms with Crippen molar-refractivity contribution in [2.24, 2.45) is 5.92 Å². The second-order valence-electron chi connectivity index (χ2n) is 5.28. The van der Waals surface area contributed by atoms with E-state index in [1.165, 1.54) is 6.07 Å². The Morgan fingerprint density at radius 3 is 2.43 bits per heavy atom. The molecule has 122 valence electrons. The van der Waals surface area contributed by atoms with Gasteiger partial charge in [-0.3, -0.25) is 4.90 Å². The van der Waals surface area contributed by atoms with Crippen LogP contribution in [0.4, 0.5) is 4.39 Å². The largest absolute Gasteiger partial charge is 0.314 e. The molecular weight excluding hydrogens is 334 g/mol. The van der Waals surface area contributed by atoms with Crippen LogP contribution in [0, 0.1) is 11.7 Å². The molecule has 1 aliphatic heterocycles. The number of nitrogens with one attached hydrogen (secondary N) is 1. The smallest absolute Gasteiger partial charge is 0.129 e. The lowest BCUT2D eigenvalue weighted by molar-refractivity contribution is 0.125. The van der Waals surface area contributed by atoms with E-state index in [1.807, 2.05) is 6.07 Å². The highest BCUT2D eigenvalue weighted by molar-refractivity contribution is 6.30. The van der Waals surface area contributed by atoms with Crippen molar-refractivity contribution in [2.45, 2.75) is 26.3 Å². The first-order valence-electron chi connectivity index (χ1n) is 7.03. The Balaban J connectivity index is 0.00000200. The molecule has 0 aromatic heterocycles. The number of nitrogens with zero attached hydrogens (tertiary/aromatic N) is 1. The summed E-state index contributed by atoms with van der Waals surface area (Å²) in [5.41, 5.74) is 0.778. The van der Waals surface area contributed by atoms with Crippen LogP contribution in [0.1, 0.15) is 31.9 Å². The van der Waals surface area contributed by atoms with E-state index in [2.05, 4.69) is 24.1 Å². The van der Waals surface area contributed by atoms with Gasteiger partial charge in [-0.1, -0.05) is 37.9 Å². The van der Waals surface area contributed by atoms with Crippen LogP contribution in [-0.4, -0.2) is 31.1 Å². The quantitative estimate of drug-likeness (QED) is 0.863. The normalized spacial score (nSPS) is 18.3. The van der Waals surface area contributed by atoms with E-state index in [1.54, 1.807) is 6.07 Å². The van der Waals surface area contributed by atoms with Gasteiger partial charge in [0.2, 0.25) is 0 Å². The van der Waals surface area contributed by atoms with Crippen LogP contribution in [0.25, 0.3) is 0 Å². The molecule has 1 aliphatic rings. The van der Waals surface area contributed by atoms with Crippen LogP contribution in [0.2, 0.25) is 5.02 Å². The van der Waals surface area contributed by atoms with E-state index < -0.39 is 0 Å². The minimum absolute atomic E-state index is 0. The molecule has 0 amide bonds. The lowest BCUT2D eigenvalue weighted by atomic mass is 9.90. The number of hydrogen-bond donors (Lipinski definition) is 1. The number of halogens is 4. The van der Waals surface area contributed by atoms with Crippen LogP contribution >= 0.6 is 36.4 Å². The molecule has 1 fully saturated rings. The van der Waals surface area contributed by atoms with Gasteiger partial charge in [-0.15, -0.1) is 24.8 Å². The lowest BCUT2D eigenvalue weighted by Gasteiger charge is -2.38. The molecule has 6 heteroatoms. The molecular formula is C15H24Cl3FN2. The maximum absolute atomic E-state index is 14.2. The zero-order valence-electron chi connectivity index (χ0n) is 12.4. The van der Waals surface area contributed by atoms with Gasteiger partial charge in [0.05, 0.1) is 0 Å². The van der Waals surface area contributed by atoms with Gasteiger partial charge >= 0.3 is 0 Å². The summed E-state index contributed by atoms with van der Waals surface area (Å²) in [6, 6.07) is 5.20. The van der Waals surface area contributed by atoms with Crippen molar-refractivity contribution >= 4 is 36.4 Å². The van der Waals surface area contributed by atoms with Gasteiger partial charge in [0, 0.05) is 42.8 Å². The Labute approximate surface area is 144 Å². The Morgan fingerprint density at radius 1 is 1.29 bits per heavy atom. The summed E-state index contributed by atoms with van der Waals surface area (Å²) in [7, 11) is 0. The molecule has 1 heterocycles. The zero-order valence-corrected chi connectivity index (χ0v) is 14.8. The van der Waals surface area contributed by atoms with Crippen LogP contribution in [0.3, 0.4) is 0 Å². The first-order chi connectivity index (χ1) is 9.13. The average Bonchev–Trinajstić information content (AvgIpc) is 2.42. The van der Waals surface area contributed by atoms with Crippen molar-refractivity contribution in [3.8, 4) is 0 Å². The second kappa shape index (κ2) is 9.86. The maximum Gasteiger partial charge on any atom is 0.129 e. The van der Waals surface area contributed by atoms with Gasteiger partial charge in [-0.2, -0.15) is 0 Å². The standard InChI is InChI=1S/C15H22ClFN2.2ClH/c1-3-11(2)15(19-8-6-18-7-9-19)13-5-4-12(16)10-14(13)17;;/h4-5,10-11,15,18H,3,6-9H2,1-2H3;2*1H/t11?,15-;;/m1../s1. The van der Waals surface area contributed by atoms with E-state index in [9.17, 15) is 4.39 Å². The summed E-state index contributed by atoms with van der Waals surface area (Å²) < 4.78 is 14.2. The number of hydrogen-bond acceptors (Lipinski definition) is 2. The molecule has 1 aromatic rings. The van der Waals surface area contributed by atoms with Crippen LogP contribution in [-0.2, 0) is 0 Å². The molecule has 0 saturated carbocycles. The fourth-order valence-electron chi connectivity index (χ4n) is 2.79. The summed E-state index contributed by atoms with van der Waals surface area (Å²) in [5.74, 6) is 0.241. The second-order valence-corrected chi connectivity index (χ2v) is 5.72. The molecule has 1 aromatic carbocycles. The van der Waals surface area contributed by atoms with E-state index in [0.29, 0.717) is 10.9 Å². The first kappa shape index (κ1) is 20.9. The number of benzene rings is 1. The summed E-state index contributed by atoms with van der Waals surface area (Å²) in [5, 5.41) is 3.81. The van der Waals surface area contributed by atoms with E-state index >= 15 is 0 Å². The monoisotopic (exact) mass is 356 g/mol. The predicted octanol–water partition coefficient (Wildman–Crippen LogP) is 4.32. The van der Waals surface area contributed by atoms with Crippen molar-refractivity contribution in [1.82, 2.24) is 10.2 Å². The summed E-state index contributed by atoms with van der Waals surface area (Å²) in [6.07, 6.45) is 1.04. The molecule has 1 saturated heterocycles. The molecule has 21 heavy (non-hydrogen) atoms. The first-order valence-corrected chi connectivity index (χ1v) is 7.41. The Bertz CT molecular complexity index is 425. The van der Waals surface area contributed by atoms with Gasteiger partial charge in [0.25, 0.3) is 0 Å². The minimum Gasteiger partial charge on any atom is -0.314 e. The molecule has 2 rings (SSSR count). The molecule has 1 N–H and O–H groups in total. The predicted molar refractivity (Wildman–Crippen MR) is 92.5 cm³/mol. The lowest BCUT2D eigenvalue weighted by Crippen LogP contribution is -2.46. The molecule has 0 aliphatic carbocycles. The van der Waals surface area contributed by atoms with Crippen LogP contribution in [0.15, 0.2) is 18.2 Å². The average molecular weight is 358 g/mol. The Kier molecular flexibility index (Phi) is 9.83. The molecule has 1 unspecified atom stereocenters. The Morgan fingerprint density at radius 2 is 1.90 bits per heavy atom. The van der Waals surface area contributed by atoms with Crippen LogP contribution < -0.4 is 5.32 Å². The van der Waals surface area contributed by atoms with Crippen molar-refractivity contribution in [3.63, 3.8) is 0 Å².